The molecular formula is C16H14F2N4O. The molecule has 2 aromatic heterocycles. The van der Waals surface area contributed by atoms with Crippen molar-refractivity contribution in [3.05, 3.63) is 54.0 Å². The smallest absolute Gasteiger partial charge is 0.167 e. The van der Waals surface area contributed by atoms with E-state index in [0.29, 0.717) is 13.1 Å². The standard InChI is InChI=1S/C16H14F2N4O/c1-10-19-16-5-3-12(7-22(16)20-10)21-8-13(9-21)23-15-4-2-11(17)6-14(15)18/h2-7,13H,8-9H2,1H3. The molecule has 7 heteroatoms. The number of hydrogen-bond donors (Lipinski definition) is 0. The van der Waals surface area contributed by atoms with Gasteiger partial charge in [-0.25, -0.2) is 18.3 Å². The molecule has 1 fully saturated rings. The SMILES string of the molecule is Cc1nc2ccc(N3CC(Oc4ccc(F)cc4F)C3)cn2n1. The molecule has 4 rings (SSSR count). The molecule has 23 heavy (non-hydrogen) atoms. The van der Waals surface area contributed by atoms with E-state index in [1.165, 1.54) is 12.1 Å². The molecule has 0 amide bonds. The number of rotatable bonds is 3. The highest BCUT2D eigenvalue weighted by molar-refractivity contribution is 5.53. The first-order valence-electron chi connectivity index (χ1n) is 7.28. The summed E-state index contributed by atoms with van der Waals surface area (Å²) >= 11 is 0. The molecule has 3 heterocycles. The van der Waals surface area contributed by atoms with Crippen LogP contribution in [0.25, 0.3) is 5.65 Å². The zero-order chi connectivity index (χ0) is 16.0. The minimum absolute atomic E-state index is 0.0819. The summed E-state index contributed by atoms with van der Waals surface area (Å²) < 4.78 is 33.7. The van der Waals surface area contributed by atoms with E-state index in [-0.39, 0.29) is 11.9 Å². The fraction of sp³-hybridized carbons (Fsp3) is 0.250. The van der Waals surface area contributed by atoms with Crippen LogP contribution in [-0.2, 0) is 0 Å². The maximum absolute atomic E-state index is 13.6. The minimum atomic E-state index is -0.678. The molecule has 118 valence electrons. The van der Waals surface area contributed by atoms with E-state index >= 15 is 0 Å². The third-order valence-corrected chi connectivity index (χ3v) is 3.82. The Kier molecular flexibility index (Phi) is 3.14. The van der Waals surface area contributed by atoms with E-state index in [9.17, 15) is 8.78 Å². The summed E-state index contributed by atoms with van der Waals surface area (Å²) in [7, 11) is 0. The Morgan fingerprint density at radius 2 is 2.00 bits per heavy atom. The first-order valence-corrected chi connectivity index (χ1v) is 7.28. The number of pyridine rings is 1. The third kappa shape index (κ3) is 2.58. The van der Waals surface area contributed by atoms with E-state index in [2.05, 4.69) is 15.0 Å². The van der Waals surface area contributed by atoms with Gasteiger partial charge in [-0.1, -0.05) is 0 Å². The van der Waals surface area contributed by atoms with Crippen LogP contribution in [0, 0.1) is 18.6 Å². The van der Waals surface area contributed by atoms with Gasteiger partial charge in [-0.15, -0.1) is 0 Å². The summed E-state index contributed by atoms with van der Waals surface area (Å²) in [6, 6.07) is 7.21. The van der Waals surface area contributed by atoms with Crippen LogP contribution in [0.2, 0.25) is 0 Å². The van der Waals surface area contributed by atoms with E-state index < -0.39 is 11.6 Å². The number of ether oxygens (including phenoxy) is 1. The molecule has 1 aliphatic rings. The Morgan fingerprint density at radius 3 is 2.78 bits per heavy atom. The number of hydrogen-bond acceptors (Lipinski definition) is 4. The quantitative estimate of drug-likeness (QED) is 0.745. The van der Waals surface area contributed by atoms with Gasteiger partial charge in [-0.3, -0.25) is 0 Å². The van der Waals surface area contributed by atoms with Gasteiger partial charge in [0.05, 0.1) is 25.0 Å². The Hall–Kier alpha value is -2.70. The Labute approximate surface area is 131 Å². The lowest BCUT2D eigenvalue weighted by atomic mass is 10.1. The molecule has 0 aliphatic carbocycles. The average Bonchev–Trinajstić information content (AvgIpc) is 2.83. The van der Waals surface area contributed by atoms with Crippen LogP contribution in [0.4, 0.5) is 14.5 Å². The molecule has 0 saturated carbocycles. The molecule has 0 spiro atoms. The van der Waals surface area contributed by atoms with Crippen molar-refractivity contribution in [2.24, 2.45) is 0 Å². The lowest BCUT2D eigenvalue weighted by Gasteiger charge is -2.40. The second-order valence-corrected chi connectivity index (χ2v) is 5.57. The maximum Gasteiger partial charge on any atom is 0.167 e. The lowest BCUT2D eigenvalue weighted by molar-refractivity contribution is 0.160. The summed E-state index contributed by atoms with van der Waals surface area (Å²) in [5, 5.41) is 4.28. The fourth-order valence-electron chi connectivity index (χ4n) is 2.64. The van der Waals surface area contributed by atoms with Crippen LogP contribution in [-0.4, -0.2) is 33.8 Å². The van der Waals surface area contributed by atoms with Gasteiger partial charge in [0.15, 0.2) is 17.2 Å². The average molecular weight is 316 g/mol. The van der Waals surface area contributed by atoms with Gasteiger partial charge in [0.2, 0.25) is 0 Å². The highest BCUT2D eigenvalue weighted by Gasteiger charge is 2.29. The van der Waals surface area contributed by atoms with E-state index in [1.54, 1.807) is 4.52 Å². The first-order chi connectivity index (χ1) is 11.1. The van der Waals surface area contributed by atoms with Gasteiger partial charge in [0.1, 0.15) is 17.7 Å². The number of benzene rings is 1. The van der Waals surface area contributed by atoms with Crippen LogP contribution >= 0.6 is 0 Å². The van der Waals surface area contributed by atoms with Crippen LogP contribution in [0.5, 0.6) is 5.75 Å². The molecule has 0 unspecified atom stereocenters. The summed E-state index contributed by atoms with van der Waals surface area (Å²) in [6.45, 7) is 3.11. The zero-order valence-electron chi connectivity index (χ0n) is 12.4. The highest BCUT2D eigenvalue weighted by atomic mass is 19.1. The van der Waals surface area contributed by atoms with E-state index in [1.807, 2.05) is 25.3 Å². The number of aryl methyl sites for hydroxylation is 1. The van der Waals surface area contributed by atoms with Crippen molar-refractivity contribution >= 4 is 11.3 Å². The van der Waals surface area contributed by atoms with Crippen LogP contribution in [0.15, 0.2) is 36.5 Å². The molecule has 3 aromatic rings. The molecule has 0 radical (unpaired) electrons. The Bertz CT molecular complexity index is 874. The third-order valence-electron chi connectivity index (χ3n) is 3.82. The van der Waals surface area contributed by atoms with Crippen molar-refractivity contribution in [1.82, 2.24) is 14.6 Å². The normalized spacial score (nSPS) is 15.0. The van der Waals surface area contributed by atoms with Crippen molar-refractivity contribution in [3.8, 4) is 5.75 Å². The molecule has 0 bridgehead atoms. The second kappa shape index (κ2) is 5.19. The predicted molar refractivity (Wildman–Crippen MR) is 80.7 cm³/mol. The largest absolute Gasteiger partial charge is 0.484 e. The zero-order valence-corrected chi connectivity index (χ0v) is 12.4. The van der Waals surface area contributed by atoms with Gasteiger partial charge in [-0.05, 0) is 31.2 Å². The first kappa shape index (κ1) is 13.9. The van der Waals surface area contributed by atoms with Crippen LogP contribution in [0.1, 0.15) is 5.82 Å². The lowest BCUT2D eigenvalue weighted by Crippen LogP contribution is -2.54. The Morgan fingerprint density at radius 1 is 1.17 bits per heavy atom. The number of halogens is 2. The number of fused-ring (bicyclic) bond motifs is 1. The van der Waals surface area contributed by atoms with Crippen LogP contribution < -0.4 is 9.64 Å². The van der Waals surface area contributed by atoms with Crippen LogP contribution in [0.3, 0.4) is 0 Å². The second-order valence-electron chi connectivity index (χ2n) is 5.57. The van der Waals surface area contributed by atoms with Gasteiger partial charge in [0.25, 0.3) is 0 Å². The predicted octanol–water partition coefficient (Wildman–Crippen LogP) is 2.58. The van der Waals surface area contributed by atoms with Crippen molar-refractivity contribution in [2.75, 3.05) is 18.0 Å². The highest BCUT2D eigenvalue weighted by Crippen LogP contribution is 2.26. The summed E-state index contributed by atoms with van der Waals surface area (Å²) in [4.78, 5) is 6.38. The van der Waals surface area contributed by atoms with Crippen molar-refractivity contribution in [2.45, 2.75) is 13.0 Å². The van der Waals surface area contributed by atoms with Gasteiger partial charge >= 0.3 is 0 Å². The topological polar surface area (TPSA) is 42.7 Å². The number of anilines is 1. The molecule has 0 N–H and O–H groups in total. The summed E-state index contributed by atoms with van der Waals surface area (Å²) in [5.41, 5.74) is 1.80. The summed E-state index contributed by atoms with van der Waals surface area (Å²) in [5.74, 6) is -0.485. The number of nitrogens with zero attached hydrogens (tertiary/aromatic N) is 4. The Balaban J connectivity index is 1.43. The molecular weight excluding hydrogens is 302 g/mol. The monoisotopic (exact) mass is 316 g/mol. The molecule has 1 aromatic carbocycles. The molecule has 5 nitrogen and oxygen atoms in total. The van der Waals surface area contributed by atoms with Crippen molar-refractivity contribution < 1.29 is 13.5 Å². The van der Waals surface area contributed by atoms with E-state index in [0.717, 1.165) is 23.2 Å². The van der Waals surface area contributed by atoms with E-state index in [4.69, 9.17) is 4.74 Å². The maximum atomic E-state index is 13.6. The minimum Gasteiger partial charge on any atom is -0.484 e. The fourth-order valence-corrected chi connectivity index (χ4v) is 2.64. The molecule has 1 aliphatic heterocycles. The van der Waals surface area contributed by atoms with Gasteiger partial charge < -0.3 is 9.64 Å². The summed E-state index contributed by atoms with van der Waals surface area (Å²) in [6.07, 6.45) is 1.78. The van der Waals surface area contributed by atoms with Crippen molar-refractivity contribution in [1.29, 1.82) is 0 Å². The number of aromatic nitrogens is 3. The van der Waals surface area contributed by atoms with Gasteiger partial charge in [-0.2, -0.15) is 5.10 Å². The molecule has 1 saturated heterocycles. The van der Waals surface area contributed by atoms with Crippen molar-refractivity contribution in [3.63, 3.8) is 0 Å². The molecule has 0 atom stereocenters. The van der Waals surface area contributed by atoms with Gasteiger partial charge in [0, 0.05) is 6.07 Å².